The molecule has 1 N–H and O–H groups in total. The van der Waals surface area contributed by atoms with Crippen LogP contribution in [0.25, 0.3) is 10.8 Å². The molecule has 3 fully saturated rings. The third-order valence-electron chi connectivity index (χ3n) is 6.80. The van der Waals surface area contributed by atoms with Crippen molar-refractivity contribution in [1.82, 2.24) is 15.2 Å². The van der Waals surface area contributed by atoms with Gasteiger partial charge >= 0.3 is 0 Å². The zero-order valence-corrected chi connectivity index (χ0v) is 17.2. The number of aryl methyl sites for hydroxylation is 1. The van der Waals surface area contributed by atoms with Crippen LogP contribution < -0.4 is 5.32 Å². The van der Waals surface area contributed by atoms with Crippen molar-refractivity contribution in [3.63, 3.8) is 0 Å². The Bertz CT molecular complexity index is 1010. The van der Waals surface area contributed by atoms with E-state index in [0.29, 0.717) is 6.10 Å². The molecule has 3 aromatic rings. The number of hydrogen-bond acceptors (Lipinski definition) is 5. The average molecular weight is 389 g/mol. The van der Waals surface area contributed by atoms with E-state index >= 15 is 0 Å². The molecule has 4 heterocycles. The predicted octanol–water partition coefficient (Wildman–Crippen LogP) is 4.86. The highest BCUT2D eigenvalue weighted by Crippen LogP contribution is 2.43. The van der Waals surface area contributed by atoms with Crippen molar-refractivity contribution in [2.24, 2.45) is 5.41 Å². The lowest BCUT2D eigenvalue weighted by Gasteiger charge is -2.46. The van der Waals surface area contributed by atoms with Crippen LogP contribution in [0.15, 0.2) is 42.6 Å². The topological polar surface area (TPSA) is 59.9 Å². The zero-order chi connectivity index (χ0) is 19.8. The van der Waals surface area contributed by atoms with Gasteiger partial charge in [-0.05, 0) is 50.3 Å². The number of pyridine rings is 1. The van der Waals surface area contributed by atoms with Gasteiger partial charge in [-0.2, -0.15) is 5.10 Å². The fourth-order valence-electron chi connectivity index (χ4n) is 4.88. The largest absolute Gasteiger partial charge is 0.378 e. The maximum absolute atomic E-state index is 5.98. The number of aromatic nitrogens is 3. The van der Waals surface area contributed by atoms with Gasteiger partial charge in [-0.3, -0.25) is 4.98 Å². The van der Waals surface area contributed by atoms with Crippen LogP contribution in [0.3, 0.4) is 0 Å². The molecule has 2 saturated heterocycles. The third kappa shape index (κ3) is 3.48. The Morgan fingerprint density at radius 1 is 1.14 bits per heavy atom. The van der Waals surface area contributed by atoms with Gasteiger partial charge in [-0.15, -0.1) is 5.10 Å². The van der Waals surface area contributed by atoms with Gasteiger partial charge in [0.15, 0.2) is 5.82 Å². The normalized spacial score (nSPS) is 24.6. The van der Waals surface area contributed by atoms with E-state index in [9.17, 15) is 0 Å². The monoisotopic (exact) mass is 388 g/mol. The second-order valence-corrected chi connectivity index (χ2v) is 8.80. The Morgan fingerprint density at radius 3 is 2.66 bits per heavy atom. The van der Waals surface area contributed by atoms with Gasteiger partial charge in [0.05, 0.1) is 18.4 Å². The SMILES string of the molecule is Cc1cc(C(C)c2nnc(NCC34CCC(CC3)OC4)c3ccccc23)ccn1. The number of nitrogens with one attached hydrogen (secondary N) is 1. The Kier molecular flexibility index (Phi) is 4.70. The van der Waals surface area contributed by atoms with Crippen molar-refractivity contribution in [2.75, 3.05) is 18.5 Å². The Morgan fingerprint density at radius 2 is 1.93 bits per heavy atom. The highest BCUT2D eigenvalue weighted by molar-refractivity contribution is 5.93. The molecule has 150 valence electrons. The van der Waals surface area contributed by atoms with Crippen molar-refractivity contribution >= 4 is 16.6 Å². The number of benzene rings is 1. The molecule has 29 heavy (non-hydrogen) atoms. The lowest BCUT2D eigenvalue weighted by atomic mass is 9.71. The fraction of sp³-hybridized carbons (Fsp3) is 0.458. The summed E-state index contributed by atoms with van der Waals surface area (Å²) in [7, 11) is 0. The average Bonchev–Trinajstić information content (AvgIpc) is 2.78. The molecular weight excluding hydrogens is 360 g/mol. The van der Waals surface area contributed by atoms with Crippen LogP contribution in [0.2, 0.25) is 0 Å². The van der Waals surface area contributed by atoms with E-state index < -0.39 is 0 Å². The van der Waals surface area contributed by atoms with Crippen LogP contribution in [0.4, 0.5) is 5.82 Å². The van der Waals surface area contributed by atoms with Crippen LogP contribution in [0.5, 0.6) is 0 Å². The van der Waals surface area contributed by atoms with Gasteiger partial charge in [-0.1, -0.05) is 31.2 Å². The lowest BCUT2D eigenvalue weighted by Crippen LogP contribution is -2.46. The molecule has 2 aromatic heterocycles. The Hall–Kier alpha value is -2.53. The van der Waals surface area contributed by atoms with Crippen molar-refractivity contribution in [3.05, 3.63) is 59.5 Å². The Balaban J connectivity index is 1.45. The minimum atomic E-state index is 0.156. The molecule has 3 aliphatic rings. The molecule has 1 saturated carbocycles. The van der Waals surface area contributed by atoms with Crippen LogP contribution >= 0.6 is 0 Å². The first-order valence-corrected chi connectivity index (χ1v) is 10.7. The zero-order valence-electron chi connectivity index (χ0n) is 17.2. The molecule has 5 heteroatoms. The van der Waals surface area contributed by atoms with Gasteiger partial charge in [0.1, 0.15) is 0 Å². The summed E-state index contributed by atoms with van der Waals surface area (Å²) in [6.07, 6.45) is 7.23. The smallest absolute Gasteiger partial charge is 0.156 e. The summed E-state index contributed by atoms with van der Waals surface area (Å²) < 4.78 is 5.98. The summed E-state index contributed by atoms with van der Waals surface area (Å²) in [5, 5.41) is 15.2. The van der Waals surface area contributed by atoms with E-state index in [1.165, 1.54) is 31.2 Å². The number of ether oxygens (including phenoxy) is 1. The van der Waals surface area contributed by atoms with Crippen LogP contribution in [-0.4, -0.2) is 34.4 Å². The maximum atomic E-state index is 5.98. The summed E-state index contributed by atoms with van der Waals surface area (Å²) in [4.78, 5) is 4.32. The molecule has 2 bridgehead atoms. The van der Waals surface area contributed by atoms with Crippen molar-refractivity contribution in [2.45, 2.75) is 51.6 Å². The van der Waals surface area contributed by atoms with Crippen molar-refractivity contribution in [3.8, 4) is 0 Å². The lowest BCUT2D eigenvalue weighted by molar-refractivity contribution is -0.108. The molecule has 1 aromatic carbocycles. The molecule has 0 radical (unpaired) electrons. The first-order chi connectivity index (χ1) is 14.1. The fourth-order valence-corrected chi connectivity index (χ4v) is 4.88. The first-order valence-electron chi connectivity index (χ1n) is 10.7. The molecule has 1 aliphatic carbocycles. The maximum Gasteiger partial charge on any atom is 0.156 e. The highest BCUT2D eigenvalue weighted by Gasteiger charge is 2.41. The van der Waals surface area contributed by atoms with Gasteiger partial charge in [0, 0.05) is 40.5 Å². The third-order valence-corrected chi connectivity index (χ3v) is 6.80. The minimum absolute atomic E-state index is 0.156. The van der Waals surface area contributed by atoms with Gasteiger partial charge in [0.25, 0.3) is 0 Å². The molecule has 1 atom stereocenters. The molecule has 0 amide bonds. The van der Waals surface area contributed by atoms with E-state index in [2.05, 4.69) is 63.8 Å². The summed E-state index contributed by atoms with van der Waals surface area (Å²) in [5.41, 5.74) is 3.50. The standard InChI is InChI=1S/C24H28N4O/c1-16-13-18(9-12-25-16)17(2)22-20-5-3-4-6-21(20)23(28-27-22)26-14-24-10-7-19(8-11-24)29-15-24/h3-6,9,12-13,17,19H,7-8,10-11,14-15H2,1-2H3,(H,26,28). The van der Waals surface area contributed by atoms with Gasteiger partial charge < -0.3 is 10.1 Å². The summed E-state index contributed by atoms with van der Waals surface area (Å²) in [6, 6.07) is 12.7. The molecule has 6 rings (SSSR count). The van der Waals surface area contributed by atoms with E-state index in [-0.39, 0.29) is 11.3 Å². The number of nitrogens with zero attached hydrogens (tertiary/aromatic N) is 3. The van der Waals surface area contributed by atoms with E-state index in [4.69, 9.17) is 4.74 Å². The number of fused-ring (bicyclic) bond motifs is 4. The van der Waals surface area contributed by atoms with Gasteiger partial charge in [0.2, 0.25) is 0 Å². The summed E-state index contributed by atoms with van der Waals surface area (Å²) in [5.74, 6) is 1.04. The first kappa shape index (κ1) is 18.5. The van der Waals surface area contributed by atoms with Crippen LogP contribution in [-0.2, 0) is 4.74 Å². The van der Waals surface area contributed by atoms with E-state index in [0.717, 1.165) is 41.1 Å². The molecule has 1 unspecified atom stereocenters. The van der Waals surface area contributed by atoms with Crippen molar-refractivity contribution in [1.29, 1.82) is 0 Å². The highest BCUT2D eigenvalue weighted by atomic mass is 16.5. The van der Waals surface area contributed by atoms with E-state index in [1.807, 2.05) is 13.1 Å². The molecule has 5 nitrogen and oxygen atoms in total. The second-order valence-electron chi connectivity index (χ2n) is 8.80. The number of anilines is 1. The summed E-state index contributed by atoms with van der Waals surface area (Å²) in [6.45, 7) is 5.98. The quantitative estimate of drug-likeness (QED) is 0.677. The molecular formula is C24H28N4O. The number of hydrogen-bond donors (Lipinski definition) is 1. The molecule has 0 spiro atoms. The van der Waals surface area contributed by atoms with Crippen molar-refractivity contribution < 1.29 is 4.74 Å². The minimum Gasteiger partial charge on any atom is -0.378 e. The second kappa shape index (κ2) is 7.38. The predicted molar refractivity (Wildman–Crippen MR) is 115 cm³/mol. The van der Waals surface area contributed by atoms with E-state index in [1.54, 1.807) is 0 Å². The molecule has 2 aliphatic heterocycles. The Labute approximate surface area is 171 Å². The summed E-state index contributed by atoms with van der Waals surface area (Å²) >= 11 is 0. The van der Waals surface area contributed by atoms with Crippen LogP contribution in [0, 0.1) is 12.3 Å². The van der Waals surface area contributed by atoms with Gasteiger partial charge in [-0.25, -0.2) is 0 Å². The van der Waals surface area contributed by atoms with Crippen LogP contribution in [0.1, 0.15) is 55.5 Å². The number of rotatable bonds is 5.